The second kappa shape index (κ2) is 12.8. The van der Waals surface area contributed by atoms with E-state index in [4.69, 9.17) is 9.47 Å². The molecule has 0 fully saturated rings. The number of carbonyl (C=O) groups excluding carboxylic acids is 3. The molecule has 0 unspecified atom stereocenters. The van der Waals surface area contributed by atoms with Crippen molar-refractivity contribution in [3.63, 3.8) is 0 Å². The van der Waals surface area contributed by atoms with Crippen molar-refractivity contribution in [2.75, 3.05) is 25.1 Å². The maximum Gasteiger partial charge on any atom is 0.416 e. The molecule has 2 aromatic carbocycles. The lowest BCUT2D eigenvalue weighted by atomic mass is 10.2. The van der Waals surface area contributed by atoms with Crippen molar-refractivity contribution in [2.24, 2.45) is 5.10 Å². The fraction of sp³-hybridized carbons (Fsp3) is 0.217. The van der Waals surface area contributed by atoms with Crippen LogP contribution in [0.3, 0.4) is 0 Å². The van der Waals surface area contributed by atoms with Gasteiger partial charge in [0.05, 0.1) is 18.4 Å². The minimum absolute atomic E-state index is 0.0229. The van der Waals surface area contributed by atoms with Gasteiger partial charge in [0.1, 0.15) is 0 Å². The van der Waals surface area contributed by atoms with Crippen molar-refractivity contribution in [2.45, 2.75) is 13.1 Å². The summed E-state index contributed by atoms with van der Waals surface area (Å²) >= 11 is 0. The number of benzene rings is 2. The van der Waals surface area contributed by atoms with Crippen LogP contribution in [0.1, 0.15) is 18.1 Å². The van der Waals surface area contributed by atoms with E-state index in [1.165, 1.54) is 36.6 Å². The number of hydrogen-bond acceptors (Lipinski definition) is 6. The molecule has 0 spiro atoms. The molecule has 0 radical (unpaired) electrons. The van der Waals surface area contributed by atoms with Gasteiger partial charge in [-0.3, -0.25) is 14.4 Å². The number of nitrogens with zero attached hydrogens (tertiary/aromatic N) is 1. The van der Waals surface area contributed by atoms with E-state index in [9.17, 15) is 27.6 Å². The highest BCUT2D eigenvalue weighted by Crippen LogP contribution is 2.31. The standard InChI is InChI=1S/C23H23F3N4O5/c1-3-10-27-21(32)22(33)30-28-13-15-8-9-18(19(11-15)34-4-2)35-14-20(31)29-17-7-5-6-16(12-17)23(24,25)26/h3,5-9,11-13H,1,4,10,14H2,2H3,(H,27,32)(H,29,31)(H,30,33)/b28-13-. The van der Waals surface area contributed by atoms with Crippen molar-refractivity contribution >= 4 is 29.6 Å². The first kappa shape index (κ1) is 26.9. The highest BCUT2D eigenvalue weighted by atomic mass is 19.4. The maximum absolute atomic E-state index is 12.8. The molecule has 0 aliphatic carbocycles. The van der Waals surface area contributed by atoms with E-state index in [2.05, 4.69) is 27.7 Å². The molecular weight excluding hydrogens is 469 g/mol. The first-order valence-electron chi connectivity index (χ1n) is 10.2. The summed E-state index contributed by atoms with van der Waals surface area (Å²) in [7, 11) is 0. The lowest BCUT2D eigenvalue weighted by Gasteiger charge is -2.13. The molecule has 3 amide bonds. The Morgan fingerprint density at radius 1 is 1.06 bits per heavy atom. The van der Waals surface area contributed by atoms with E-state index in [-0.39, 0.29) is 30.3 Å². The number of hydrogen-bond donors (Lipinski definition) is 3. The Morgan fingerprint density at radius 2 is 1.83 bits per heavy atom. The summed E-state index contributed by atoms with van der Waals surface area (Å²) in [6.07, 6.45) is -1.84. The summed E-state index contributed by atoms with van der Waals surface area (Å²) in [4.78, 5) is 35.2. The van der Waals surface area contributed by atoms with Crippen molar-refractivity contribution in [1.82, 2.24) is 10.7 Å². The van der Waals surface area contributed by atoms with Gasteiger partial charge in [0.25, 0.3) is 5.91 Å². The number of amides is 3. The highest BCUT2D eigenvalue weighted by molar-refractivity contribution is 6.35. The Labute approximate surface area is 199 Å². The topological polar surface area (TPSA) is 118 Å². The van der Waals surface area contributed by atoms with Gasteiger partial charge in [-0.15, -0.1) is 6.58 Å². The molecular formula is C23H23F3N4O5. The van der Waals surface area contributed by atoms with Crippen LogP contribution >= 0.6 is 0 Å². The van der Waals surface area contributed by atoms with Gasteiger partial charge in [0.15, 0.2) is 18.1 Å². The van der Waals surface area contributed by atoms with E-state index in [0.29, 0.717) is 5.56 Å². The van der Waals surface area contributed by atoms with E-state index < -0.39 is 36.1 Å². The maximum atomic E-state index is 12.8. The predicted molar refractivity (Wildman–Crippen MR) is 122 cm³/mol. The Bertz CT molecular complexity index is 1100. The lowest BCUT2D eigenvalue weighted by molar-refractivity contribution is -0.139. The largest absolute Gasteiger partial charge is 0.490 e. The SMILES string of the molecule is C=CCNC(=O)C(=O)N/N=C\c1ccc(OCC(=O)Nc2cccc(C(F)(F)F)c2)c(OCC)c1. The molecule has 0 saturated heterocycles. The Balaban J connectivity index is 1.99. The lowest BCUT2D eigenvalue weighted by Crippen LogP contribution is -2.37. The van der Waals surface area contributed by atoms with Crippen molar-refractivity contribution in [1.29, 1.82) is 0 Å². The Morgan fingerprint density at radius 3 is 2.51 bits per heavy atom. The first-order chi connectivity index (χ1) is 16.6. The molecule has 0 heterocycles. The predicted octanol–water partition coefficient (Wildman–Crippen LogP) is 2.87. The fourth-order valence-electron chi connectivity index (χ4n) is 2.57. The zero-order valence-electron chi connectivity index (χ0n) is 18.6. The molecule has 0 aliphatic rings. The van der Waals surface area contributed by atoms with E-state index in [1.54, 1.807) is 13.0 Å². The molecule has 9 nitrogen and oxygen atoms in total. The number of halogens is 3. The zero-order valence-corrected chi connectivity index (χ0v) is 18.6. The quantitative estimate of drug-likeness (QED) is 0.204. The van der Waals surface area contributed by atoms with E-state index in [0.717, 1.165) is 12.1 Å². The van der Waals surface area contributed by atoms with Gasteiger partial charge in [0, 0.05) is 12.2 Å². The van der Waals surface area contributed by atoms with Gasteiger partial charge in [-0.05, 0) is 48.9 Å². The molecule has 0 saturated carbocycles. The second-order valence-electron chi connectivity index (χ2n) is 6.75. The Kier molecular flexibility index (Phi) is 9.82. The summed E-state index contributed by atoms with van der Waals surface area (Å²) in [6.45, 7) is 5.07. The second-order valence-corrected chi connectivity index (χ2v) is 6.75. The third-order valence-corrected chi connectivity index (χ3v) is 4.09. The molecule has 12 heteroatoms. The molecule has 2 rings (SSSR count). The fourth-order valence-corrected chi connectivity index (χ4v) is 2.57. The van der Waals surface area contributed by atoms with Crippen LogP contribution in [0.4, 0.5) is 18.9 Å². The minimum Gasteiger partial charge on any atom is -0.490 e. The number of anilines is 1. The van der Waals surface area contributed by atoms with Crippen molar-refractivity contribution < 1.29 is 37.0 Å². The summed E-state index contributed by atoms with van der Waals surface area (Å²) in [5, 5.41) is 8.34. The van der Waals surface area contributed by atoms with Crippen molar-refractivity contribution in [3.05, 3.63) is 66.2 Å². The Hall–Kier alpha value is -4.35. The van der Waals surface area contributed by atoms with Crippen LogP contribution in [0.25, 0.3) is 0 Å². The van der Waals surface area contributed by atoms with E-state index >= 15 is 0 Å². The highest BCUT2D eigenvalue weighted by Gasteiger charge is 2.30. The van der Waals surface area contributed by atoms with Gasteiger partial charge in [0.2, 0.25) is 0 Å². The number of alkyl halides is 3. The van der Waals surface area contributed by atoms with Crippen LogP contribution in [-0.2, 0) is 20.6 Å². The summed E-state index contributed by atoms with van der Waals surface area (Å²) in [5.74, 6) is -2.03. The zero-order chi connectivity index (χ0) is 25.8. The van der Waals surface area contributed by atoms with Crippen LogP contribution in [0, 0.1) is 0 Å². The van der Waals surface area contributed by atoms with Crippen LogP contribution in [0.2, 0.25) is 0 Å². The molecule has 0 atom stereocenters. The smallest absolute Gasteiger partial charge is 0.416 e. The van der Waals surface area contributed by atoms with Gasteiger partial charge in [-0.25, -0.2) is 5.43 Å². The molecule has 35 heavy (non-hydrogen) atoms. The molecule has 0 aromatic heterocycles. The van der Waals surface area contributed by atoms with Gasteiger partial charge < -0.3 is 20.1 Å². The number of nitrogens with one attached hydrogen (secondary N) is 3. The number of rotatable bonds is 10. The summed E-state index contributed by atoms with van der Waals surface area (Å²) in [5.41, 5.74) is 1.65. The van der Waals surface area contributed by atoms with Gasteiger partial charge in [-0.2, -0.15) is 18.3 Å². The molecule has 186 valence electrons. The van der Waals surface area contributed by atoms with Gasteiger partial charge in [-0.1, -0.05) is 12.1 Å². The van der Waals surface area contributed by atoms with Crippen LogP contribution in [-0.4, -0.2) is 43.7 Å². The molecule has 3 N–H and O–H groups in total. The van der Waals surface area contributed by atoms with Crippen LogP contribution in [0.15, 0.2) is 60.2 Å². The molecule has 0 aliphatic heterocycles. The summed E-state index contributed by atoms with van der Waals surface area (Å²) < 4.78 is 49.4. The third-order valence-electron chi connectivity index (χ3n) is 4.09. The summed E-state index contributed by atoms with van der Waals surface area (Å²) in [6, 6.07) is 8.79. The van der Waals surface area contributed by atoms with Crippen LogP contribution < -0.4 is 25.5 Å². The van der Waals surface area contributed by atoms with Crippen LogP contribution in [0.5, 0.6) is 11.5 Å². The molecule has 0 bridgehead atoms. The average Bonchev–Trinajstić information content (AvgIpc) is 2.81. The first-order valence-corrected chi connectivity index (χ1v) is 10.2. The van der Waals surface area contributed by atoms with Crippen molar-refractivity contribution in [3.8, 4) is 11.5 Å². The average molecular weight is 492 g/mol. The number of hydrazone groups is 1. The normalized spacial score (nSPS) is 11.0. The monoisotopic (exact) mass is 492 g/mol. The molecule has 2 aromatic rings. The number of carbonyl (C=O) groups is 3. The number of ether oxygens (including phenoxy) is 2. The third kappa shape index (κ3) is 8.84. The minimum atomic E-state index is -4.53. The van der Waals surface area contributed by atoms with Gasteiger partial charge >= 0.3 is 18.0 Å². The van der Waals surface area contributed by atoms with E-state index in [1.807, 2.05) is 0 Å².